The number of alkyl halides is 1. The molecule has 1 aromatic rings. The fourth-order valence-corrected chi connectivity index (χ4v) is 2.98. The first-order chi connectivity index (χ1) is 7.16. The van der Waals surface area contributed by atoms with Crippen LogP contribution in [0.2, 0.25) is 0 Å². The SMILES string of the molecule is Cn1cc(C2(F)CC3CCC(C2)N3)cn1. The highest BCUT2D eigenvalue weighted by Crippen LogP contribution is 2.43. The molecule has 82 valence electrons. The van der Waals surface area contributed by atoms with Gasteiger partial charge in [-0.15, -0.1) is 0 Å². The summed E-state index contributed by atoms with van der Waals surface area (Å²) in [6.07, 6.45) is 6.94. The van der Waals surface area contributed by atoms with Crippen LogP contribution in [0.5, 0.6) is 0 Å². The average molecular weight is 209 g/mol. The molecule has 0 aromatic carbocycles. The van der Waals surface area contributed by atoms with Crippen LogP contribution in [-0.4, -0.2) is 21.9 Å². The van der Waals surface area contributed by atoms with Gasteiger partial charge in [-0.25, -0.2) is 4.39 Å². The summed E-state index contributed by atoms with van der Waals surface area (Å²) in [7, 11) is 1.84. The van der Waals surface area contributed by atoms with Crippen LogP contribution in [0.25, 0.3) is 0 Å². The van der Waals surface area contributed by atoms with Crippen LogP contribution in [0.1, 0.15) is 31.2 Å². The summed E-state index contributed by atoms with van der Waals surface area (Å²) in [6, 6.07) is 0.739. The Morgan fingerprint density at radius 2 is 2.13 bits per heavy atom. The molecule has 3 heterocycles. The largest absolute Gasteiger partial charge is 0.311 e. The number of rotatable bonds is 1. The van der Waals surface area contributed by atoms with Crippen LogP contribution in [0.15, 0.2) is 12.4 Å². The highest BCUT2D eigenvalue weighted by molar-refractivity contribution is 5.19. The van der Waals surface area contributed by atoms with Gasteiger partial charge in [0.05, 0.1) is 6.20 Å². The van der Waals surface area contributed by atoms with E-state index in [1.165, 1.54) is 0 Å². The second-order valence-corrected chi connectivity index (χ2v) is 4.91. The standard InChI is InChI=1S/C11H16FN3/c1-15-7-8(6-13-15)11(12)4-9-2-3-10(5-11)14-9/h6-7,9-10,14H,2-5H2,1H3. The number of nitrogens with zero attached hydrogens (tertiary/aromatic N) is 2. The first-order valence-electron chi connectivity index (χ1n) is 5.60. The minimum atomic E-state index is -1.15. The van der Waals surface area contributed by atoms with Gasteiger partial charge < -0.3 is 5.32 Å². The van der Waals surface area contributed by atoms with Crippen molar-refractivity contribution < 1.29 is 4.39 Å². The Bertz CT molecular complexity index is 362. The zero-order valence-electron chi connectivity index (χ0n) is 8.91. The Balaban J connectivity index is 1.90. The Labute approximate surface area is 88.7 Å². The first kappa shape index (κ1) is 9.33. The summed E-state index contributed by atoms with van der Waals surface area (Å²) < 4.78 is 16.4. The molecule has 2 fully saturated rings. The fraction of sp³-hybridized carbons (Fsp3) is 0.727. The minimum absolute atomic E-state index is 0.369. The number of nitrogens with one attached hydrogen (secondary N) is 1. The van der Waals surface area contributed by atoms with Crippen molar-refractivity contribution in [2.45, 2.75) is 43.4 Å². The van der Waals surface area contributed by atoms with Crippen LogP contribution >= 0.6 is 0 Å². The van der Waals surface area contributed by atoms with Gasteiger partial charge in [-0.3, -0.25) is 4.68 Å². The van der Waals surface area contributed by atoms with E-state index >= 15 is 0 Å². The molecule has 1 N–H and O–H groups in total. The first-order valence-corrected chi connectivity index (χ1v) is 5.60. The van der Waals surface area contributed by atoms with Crippen LogP contribution in [0, 0.1) is 0 Å². The maximum atomic E-state index is 14.8. The molecule has 2 aliphatic rings. The van der Waals surface area contributed by atoms with E-state index in [0.717, 1.165) is 18.4 Å². The zero-order chi connectivity index (χ0) is 10.5. The quantitative estimate of drug-likeness (QED) is 0.759. The molecule has 2 bridgehead atoms. The molecule has 0 radical (unpaired) electrons. The normalized spacial score (nSPS) is 39.6. The number of hydrogen-bond acceptors (Lipinski definition) is 2. The van der Waals surface area contributed by atoms with Gasteiger partial charge in [0.25, 0.3) is 0 Å². The molecule has 4 heteroatoms. The fourth-order valence-electron chi connectivity index (χ4n) is 2.98. The van der Waals surface area contributed by atoms with E-state index in [1.54, 1.807) is 10.9 Å². The summed E-state index contributed by atoms with van der Waals surface area (Å²) in [5.41, 5.74) is -0.394. The number of fused-ring (bicyclic) bond motifs is 2. The molecule has 2 saturated heterocycles. The van der Waals surface area contributed by atoms with Crippen molar-refractivity contribution in [3.63, 3.8) is 0 Å². The van der Waals surface area contributed by atoms with Crippen molar-refractivity contribution in [3.8, 4) is 0 Å². The molecule has 0 aliphatic carbocycles. The van der Waals surface area contributed by atoms with E-state index in [4.69, 9.17) is 0 Å². The van der Waals surface area contributed by atoms with E-state index in [-0.39, 0.29) is 0 Å². The van der Waals surface area contributed by atoms with Crippen LogP contribution < -0.4 is 5.32 Å². The number of aryl methyl sites for hydroxylation is 1. The monoisotopic (exact) mass is 209 g/mol. The summed E-state index contributed by atoms with van der Waals surface area (Å²) in [6.45, 7) is 0. The maximum absolute atomic E-state index is 14.8. The lowest BCUT2D eigenvalue weighted by atomic mass is 9.85. The van der Waals surface area contributed by atoms with Gasteiger partial charge in [0.2, 0.25) is 0 Å². The Hall–Kier alpha value is -0.900. The molecule has 0 spiro atoms. The number of piperidine rings is 1. The Kier molecular flexibility index (Phi) is 1.89. The minimum Gasteiger partial charge on any atom is -0.311 e. The van der Waals surface area contributed by atoms with E-state index in [9.17, 15) is 4.39 Å². The highest BCUT2D eigenvalue weighted by Gasteiger charge is 2.45. The van der Waals surface area contributed by atoms with E-state index in [2.05, 4.69) is 10.4 Å². The molecule has 3 nitrogen and oxygen atoms in total. The third kappa shape index (κ3) is 1.47. The summed E-state index contributed by atoms with van der Waals surface area (Å²) in [5, 5.41) is 7.52. The van der Waals surface area contributed by atoms with Crippen LogP contribution in [0.4, 0.5) is 4.39 Å². The molecule has 0 saturated carbocycles. The van der Waals surface area contributed by atoms with Gasteiger partial charge in [0.1, 0.15) is 5.67 Å². The van der Waals surface area contributed by atoms with Crippen molar-refractivity contribution in [1.82, 2.24) is 15.1 Å². The third-order valence-electron chi connectivity index (χ3n) is 3.70. The lowest BCUT2D eigenvalue weighted by Crippen LogP contribution is -2.44. The summed E-state index contributed by atoms with van der Waals surface area (Å²) in [4.78, 5) is 0. The second-order valence-electron chi connectivity index (χ2n) is 4.91. The predicted octanol–water partition coefficient (Wildman–Crippen LogP) is 1.50. The van der Waals surface area contributed by atoms with Gasteiger partial charge >= 0.3 is 0 Å². The molecular weight excluding hydrogens is 193 g/mol. The molecule has 15 heavy (non-hydrogen) atoms. The maximum Gasteiger partial charge on any atom is 0.142 e. The van der Waals surface area contributed by atoms with Gasteiger partial charge in [-0.2, -0.15) is 5.10 Å². The van der Waals surface area contributed by atoms with Crippen LogP contribution in [0.3, 0.4) is 0 Å². The highest BCUT2D eigenvalue weighted by atomic mass is 19.1. The molecule has 2 unspecified atom stereocenters. The molecule has 0 amide bonds. The van der Waals surface area contributed by atoms with E-state index in [1.807, 2.05) is 13.2 Å². The lowest BCUT2D eigenvalue weighted by molar-refractivity contribution is 0.0873. The predicted molar refractivity (Wildman–Crippen MR) is 55.2 cm³/mol. The van der Waals surface area contributed by atoms with Crippen molar-refractivity contribution in [2.75, 3.05) is 0 Å². The molecular formula is C11H16FN3. The summed E-state index contributed by atoms with van der Waals surface area (Å²) in [5.74, 6) is 0. The van der Waals surface area contributed by atoms with Gasteiger partial charge in [-0.1, -0.05) is 0 Å². The van der Waals surface area contributed by atoms with Gasteiger partial charge in [0.15, 0.2) is 0 Å². The number of hydrogen-bond donors (Lipinski definition) is 1. The number of halogens is 1. The van der Waals surface area contributed by atoms with Gasteiger partial charge in [0, 0.05) is 43.7 Å². The van der Waals surface area contributed by atoms with Crippen LogP contribution in [-0.2, 0) is 12.7 Å². The molecule has 3 rings (SSSR count). The molecule has 1 aromatic heterocycles. The smallest absolute Gasteiger partial charge is 0.142 e. The van der Waals surface area contributed by atoms with Crippen molar-refractivity contribution in [1.29, 1.82) is 0 Å². The van der Waals surface area contributed by atoms with Crippen molar-refractivity contribution >= 4 is 0 Å². The van der Waals surface area contributed by atoms with Crippen molar-refractivity contribution in [3.05, 3.63) is 18.0 Å². The Morgan fingerprint density at radius 3 is 2.67 bits per heavy atom. The Morgan fingerprint density at radius 1 is 1.47 bits per heavy atom. The molecule has 2 atom stereocenters. The second kappa shape index (κ2) is 3.04. The van der Waals surface area contributed by atoms with E-state index in [0.29, 0.717) is 24.9 Å². The number of aromatic nitrogens is 2. The lowest BCUT2D eigenvalue weighted by Gasteiger charge is -2.34. The zero-order valence-corrected chi connectivity index (χ0v) is 8.91. The van der Waals surface area contributed by atoms with E-state index < -0.39 is 5.67 Å². The van der Waals surface area contributed by atoms with Gasteiger partial charge in [-0.05, 0) is 12.8 Å². The molecule has 2 aliphatic heterocycles. The summed E-state index contributed by atoms with van der Waals surface area (Å²) >= 11 is 0. The van der Waals surface area contributed by atoms with Crippen molar-refractivity contribution in [2.24, 2.45) is 7.05 Å². The average Bonchev–Trinajstić information content (AvgIpc) is 2.74. The topological polar surface area (TPSA) is 29.9 Å². The third-order valence-corrected chi connectivity index (χ3v) is 3.70.